The van der Waals surface area contributed by atoms with Crippen LogP contribution in [0.3, 0.4) is 0 Å². The van der Waals surface area contributed by atoms with Crippen molar-refractivity contribution in [3.05, 3.63) is 62.6 Å². The first-order valence-electron chi connectivity index (χ1n) is 9.89. The zero-order chi connectivity index (χ0) is 23.4. The van der Waals surface area contributed by atoms with Crippen molar-refractivity contribution in [2.75, 3.05) is 13.1 Å². The second-order valence-electron chi connectivity index (χ2n) is 7.96. The summed E-state index contributed by atoms with van der Waals surface area (Å²) in [5.41, 5.74) is -2.64. The number of carbonyl (C=O) groups excluding carboxylic acids is 2. The highest BCUT2D eigenvalue weighted by atomic mass is 19.3. The van der Waals surface area contributed by atoms with Gasteiger partial charge in [-0.3, -0.25) is 14.4 Å². The minimum absolute atomic E-state index is 0.0425. The van der Waals surface area contributed by atoms with Gasteiger partial charge in [-0.15, -0.1) is 0 Å². The van der Waals surface area contributed by atoms with E-state index in [4.69, 9.17) is 0 Å². The first-order chi connectivity index (χ1) is 15.0. The zero-order valence-electron chi connectivity index (χ0n) is 16.9. The highest BCUT2D eigenvalue weighted by Gasteiger charge is 2.49. The van der Waals surface area contributed by atoms with E-state index in [0.717, 1.165) is 15.7 Å². The lowest BCUT2D eigenvalue weighted by molar-refractivity contribution is -0.0597. The Morgan fingerprint density at radius 1 is 1.25 bits per heavy atom. The standard InChI is InChI=1S/C21H19F4N3O4/c1-10-3-4-11(15(23)14(10)22)7-26-19(31)12-8-28-13-9-27(6-2-5-21(13,24)25)20(32)16(28)18(30)17(12)29/h3-4,8,13,30H,2,5-7,9H2,1H3,(H,26,31). The summed E-state index contributed by atoms with van der Waals surface area (Å²) in [6, 6.07) is 0.995. The van der Waals surface area contributed by atoms with E-state index in [1.807, 2.05) is 0 Å². The molecule has 0 aliphatic carbocycles. The third-order valence-electron chi connectivity index (χ3n) is 5.89. The van der Waals surface area contributed by atoms with Crippen LogP contribution in [0, 0.1) is 18.6 Å². The Morgan fingerprint density at radius 3 is 2.69 bits per heavy atom. The normalized spacial score (nSPS) is 19.3. The van der Waals surface area contributed by atoms with Gasteiger partial charge in [0.25, 0.3) is 17.7 Å². The maximum Gasteiger partial charge on any atom is 0.274 e. The largest absolute Gasteiger partial charge is 0.503 e. The lowest BCUT2D eigenvalue weighted by atomic mass is 10.0. The molecule has 1 unspecified atom stereocenters. The van der Waals surface area contributed by atoms with Crippen molar-refractivity contribution in [1.82, 2.24) is 14.8 Å². The molecule has 1 aromatic heterocycles. The maximum absolute atomic E-state index is 14.7. The molecule has 0 radical (unpaired) electrons. The predicted molar refractivity (Wildman–Crippen MR) is 104 cm³/mol. The van der Waals surface area contributed by atoms with Crippen molar-refractivity contribution >= 4 is 11.8 Å². The van der Waals surface area contributed by atoms with Crippen LogP contribution in [0.2, 0.25) is 0 Å². The van der Waals surface area contributed by atoms with E-state index < -0.39 is 70.8 Å². The molecule has 1 saturated heterocycles. The van der Waals surface area contributed by atoms with Crippen LogP contribution < -0.4 is 10.7 Å². The Labute approximate surface area is 179 Å². The maximum atomic E-state index is 14.7. The summed E-state index contributed by atoms with van der Waals surface area (Å²) in [5.74, 6) is -8.48. The number of nitrogens with zero attached hydrogens (tertiary/aromatic N) is 2. The van der Waals surface area contributed by atoms with Crippen molar-refractivity contribution in [1.29, 1.82) is 0 Å². The summed E-state index contributed by atoms with van der Waals surface area (Å²) in [4.78, 5) is 38.9. The highest BCUT2D eigenvalue weighted by molar-refractivity contribution is 5.99. The van der Waals surface area contributed by atoms with Crippen molar-refractivity contribution < 1.29 is 32.3 Å². The number of amides is 2. The lowest BCUT2D eigenvalue weighted by Crippen LogP contribution is -2.48. The number of nitrogens with one attached hydrogen (secondary N) is 1. The number of pyridine rings is 1. The Kier molecular flexibility index (Phi) is 5.22. The van der Waals surface area contributed by atoms with E-state index in [2.05, 4.69) is 5.32 Å². The number of hydrogen-bond donors (Lipinski definition) is 2. The van der Waals surface area contributed by atoms with Gasteiger partial charge < -0.3 is 19.9 Å². The van der Waals surface area contributed by atoms with Crippen molar-refractivity contribution in [2.45, 2.75) is 38.3 Å². The average molecular weight is 453 g/mol. The number of rotatable bonds is 3. The molecular formula is C21H19F4N3O4. The van der Waals surface area contributed by atoms with Crippen LogP contribution in [-0.2, 0) is 6.54 Å². The van der Waals surface area contributed by atoms with Crippen molar-refractivity contribution in [2.24, 2.45) is 0 Å². The van der Waals surface area contributed by atoms with Gasteiger partial charge in [-0.1, -0.05) is 12.1 Å². The molecule has 7 nitrogen and oxygen atoms in total. The topological polar surface area (TPSA) is 91.6 Å². The summed E-state index contributed by atoms with van der Waals surface area (Å²) >= 11 is 0. The number of hydrogen-bond acceptors (Lipinski definition) is 4. The second-order valence-corrected chi connectivity index (χ2v) is 7.96. The predicted octanol–water partition coefficient (Wildman–Crippen LogP) is 2.50. The summed E-state index contributed by atoms with van der Waals surface area (Å²) in [5, 5.41) is 12.6. The summed E-state index contributed by atoms with van der Waals surface area (Å²) in [6.45, 7) is 0.592. The Hall–Kier alpha value is -3.37. The summed E-state index contributed by atoms with van der Waals surface area (Å²) in [7, 11) is 0. The van der Waals surface area contributed by atoms with Crippen molar-refractivity contribution in [3.63, 3.8) is 0 Å². The third kappa shape index (κ3) is 3.41. The smallest absolute Gasteiger partial charge is 0.274 e. The van der Waals surface area contributed by atoms with Crippen LogP contribution in [0.5, 0.6) is 5.75 Å². The number of aryl methyl sites for hydroxylation is 1. The van der Waals surface area contributed by atoms with Gasteiger partial charge in [0.05, 0.1) is 0 Å². The second kappa shape index (κ2) is 7.64. The Morgan fingerprint density at radius 2 is 1.97 bits per heavy atom. The van der Waals surface area contributed by atoms with Gasteiger partial charge in [0.2, 0.25) is 5.43 Å². The van der Waals surface area contributed by atoms with Crippen LogP contribution in [0.4, 0.5) is 17.6 Å². The Bertz CT molecular complexity index is 1190. The minimum Gasteiger partial charge on any atom is -0.503 e. The molecule has 2 aliphatic heterocycles. The fraction of sp³-hybridized carbons (Fsp3) is 0.381. The number of aromatic hydroxyl groups is 1. The van der Waals surface area contributed by atoms with Gasteiger partial charge in [0.1, 0.15) is 11.6 Å². The van der Waals surface area contributed by atoms with E-state index in [0.29, 0.717) is 0 Å². The molecule has 32 heavy (non-hydrogen) atoms. The molecular weight excluding hydrogens is 434 g/mol. The molecule has 1 aromatic carbocycles. The van der Waals surface area contributed by atoms with E-state index in [1.54, 1.807) is 0 Å². The van der Waals surface area contributed by atoms with Gasteiger partial charge in [0.15, 0.2) is 23.1 Å². The highest BCUT2D eigenvalue weighted by Crippen LogP contribution is 2.41. The quantitative estimate of drug-likeness (QED) is 0.699. The molecule has 2 aromatic rings. The monoisotopic (exact) mass is 453 g/mol. The number of carbonyl (C=O) groups is 2. The van der Waals surface area contributed by atoms with E-state index in [-0.39, 0.29) is 30.6 Å². The van der Waals surface area contributed by atoms with Gasteiger partial charge in [-0.2, -0.15) is 0 Å². The van der Waals surface area contributed by atoms with E-state index in [1.165, 1.54) is 19.1 Å². The minimum atomic E-state index is -3.25. The van der Waals surface area contributed by atoms with Gasteiger partial charge in [0, 0.05) is 37.8 Å². The van der Waals surface area contributed by atoms with Crippen LogP contribution in [0.25, 0.3) is 0 Å². The lowest BCUT2D eigenvalue weighted by Gasteiger charge is -2.37. The Balaban J connectivity index is 1.71. The van der Waals surface area contributed by atoms with Gasteiger partial charge >= 0.3 is 0 Å². The first-order valence-corrected chi connectivity index (χ1v) is 9.89. The van der Waals surface area contributed by atoms with Gasteiger partial charge in [-0.05, 0) is 18.9 Å². The zero-order valence-corrected chi connectivity index (χ0v) is 16.9. The van der Waals surface area contributed by atoms with Crippen LogP contribution in [0.15, 0.2) is 23.1 Å². The molecule has 2 bridgehead atoms. The third-order valence-corrected chi connectivity index (χ3v) is 5.89. The number of alkyl halides is 2. The molecule has 2 amide bonds. The van der Waals surface area contributed by atoms with Crippen LogP contribution in [-0.4, -0.2) is 45.4 Å². The SMILES string of the molecule is Cc1ccc(CNC(=O)c2cn3c(c(O)c2=O)C(=O)N2CCCC(F)(F)C3C2)c(F)c1F. The van der Waals surface area contributed by atoms with Crippen molar-refractivity contribution in [3.8, 4) is 5.75 Å². The molecule has 1 atom stereocenters. The average Bonchev–Trinajstić information content (AvgIpc) is 2.88. The molecule has 0 saturated carbocycles. The van der Waals surface area contributed by atoms with E-state index in [9.17, 15) is 37.1 Å². The van der Waals surface area contributed by atoms with Gasteiger partial charge in [-0.25, -0.2) is 17.6 Å². The summed E-state index contributed by atoms with van der Waals surface area (Å²) < 4.78 is 57.9. The molecule has 2 N–H and O–H groups in total. The molecule has 3 heterocycles. The van der Waals surface area contributed by atoms with Crippen LogP contribution in [0.1, 0.15) is 50.9 Å². The molecule has 170 valence electrons. The number of benzene rings is 1. The number of aromatic nitrogens is 1. The number of halogens is 4. The molecule has 2 aliphatic rings. The fourth-order valence-corrected chi connectivity index (χ4v) is 4.06. The molecule has 4 rings (SSSR count). The summed E-state index contributed by atoms with van der Waals surface area (Å²) in [6.07, 6.45) is 0.353. The van der Waals surface area contributed by atoms with E-state index >= 15 is 0 Å². The van der Waals surface area contributed by atoms with Crippen LogP contribution >= 0.6 is 0 Å². The molecule has 1 fully saturated rings. The number of fused-ring (bicyclic) bond motifs is 4. The molecule has 0 spiro atoms. The molecule has 11 heteroatoms. The fourth-order valence-electron chi connectivity index (χ4n) is 4.06. The first kappa shape index (κ1) is 21.8.